The standard InChI is InChI=1S/C13H17NO2/c1-16-13(15)12(11-8-5-9-14-11)10-6-3-2-4-7-10/h2-4,6,10,14H,5,7-9H2,1H3/b12-11-. The second-order valence-corrected chi connectivity index (χ2v) is 4.07. The van der Waals surface area contributed by atoms with Gasteiger partial charge in [-0.2, -0.15) is 0 Å². The zero-order valence-electron chi connectivity index (χ0n) is 9.53. The van der Waals surface area contributed by atoms with Gasteiger partial charge in [-0.3, -0.25) is 0 Å². The number of hydrogen-bond acceptors (Lipinski definition) is 3. The van der Waals surface area contributed by atoms with Crippen molar-refractivity contribution in [2.45, 2.75) is 19.3 Å². The fraction of sp³-hybridized carbons (Fsp3) is 0.462. The maximum absolute atomic E-state index is 11.8. The van der Waals surface area contributed by atoms with Gasteiger partial charge < -0.3 is 10.1 Å². The first-order chi connectivity index (χ1) is 7.83. The molecule has 1 atom stereocenters. The predicted molar refractivity (Wildman–Crippen MR) is 62.7 cm³/mol. The lowest BCUT2D eigenvalue weighted by Gasteiger charge is -2.18. The lowest BCUT2D eigenvalue weighted by molar-refractivity contribution is -0.136. The summed E-state index contributed by atoms with van der Waals surface area (Å²) in [4.78, 5) is 11.8. The third kappa shape index (κ3) is 2.18. The first kappa shape index (κ1) is 11.0. The summed E-state index contributed by atoms with van der Waals surface area (Å²) in [6, 6.07) is 0. The molecule has 3 heteroatoms. The topological polar surface area (TPSA) is 38.3 Å². The van der Waals surface area contributed by atoms with Crippen molar-refractivity contribution >= 4 is 5.97 Å². The van der Waals surface area contributed by atoms with Gasteiger partial charge in [0.2, 0.25) is 0 Å². The van der Waals surface area contributed by atoms with Gasteiger partial charge in [0.15, 0.2) is 0 Å². The van der Waals surface area contributed by atoms with E-state index in [-0.39, 0.29) is 11.9 Å². The Hall–Kier alpha value is -1.51. The van der Waals surface area contributed by atoms with Crippen LogP contribution in [0.4, 0.5) is 0 Å². The SMILES string of the molecule is COC(=O)/C(=C1/CCCN1)C1C=CC=CC1. The maximum Gasteiger partial charge on any atom is 0.336 e. The third-order valence-electron chi connectivity index (χ3n) is 3.02. The summed E-state index contributed by atoms with van der Waals surface area (Å²) in [6.45, 7) is 0.960. The molecule has 0 spiro atoms. The van der Waals surface area contributed by atoms with E-state index < -0.39 is 0 Å². The molecule has 0 amide bonds. The van der Waals surface area contributed by atoms with Crippen molar-refractivity contribution in [3.63, 3.8) is 0 Å². The lowest BCUT2D eigenvalue weighted by atomic mass is 9.90. The zero-order chi connectivity index (χ0) is 11.4. The normalized spacial score (nSPS) is 26.4. The van der Waals surface area contributed by atoms with E-state index in [4.69, 9.17) is 4.74 Å². The smallest absolute Gasteiger partial charge is 0.336 e. The van der Waals surface area contributed by atoms with Crippen molar-refractivity contribution in [3.05, 3.63) is 35.6 Å². The molecule has 0 aromatic heterocycles. The minimum Gasteiger partial charge on any atom is -0.466 e. The summed E-state index contributed by atoms with van der Waals surface area (Å²) >= 11 is 0. The Morgan fingerprint density at radius 2 is 2.38 bits per heavy atom. The molecular formula is C13H17NO2. The minimum atomic E-state index is -0.200. The molecule has 0 aromatic rings. The Balaban J connectivity index is 2.27. The Kier molecular flexibility index (Phi) is 3.44. The summed E-state index contributed by atoms with van der Waals surface area (Å²) in [7, 11) is 1.44. The highest BCUT2D eigenvalue weighted by Gasteiger charge is 2.25. The van der Waals surface area contributed by atoms with Crippen LogP contribution >= 0.6 is 0 Å². The third-order valence-corrected chi connectivity index (χ3v) is 3.02. The van der Waals surface area contributed by atoms with Crippen molar-refractivity contribution in [2.24, 2.45) is 5.92 Å². The maximum atomic E-state index is 11.8. The first-order valence-corrected chi connectivity index (χ1v) is 5.71. The number of nitrogens with one attached hydrogen (secondary N) is 1. The van der Waals surface area contributed by atoms with Crippen LogP contribution in [0.25, 0.3) is 0 Å². The highest BCUT2D eigenvalue weighted by Crippen LogP contribution is 2.27. The number of rotatable bonds is 2. The highest BCUT2D eigenvalue weighted by molar-refractivity contribution is 5.90. The number of hydrogen-bond donors (Lipinski definition) is 1. The Morgan fingerprint density at radius 3 is 2.94 bits per heavy atom. The molecule has 86 valence electrons. The Bertz CT molecular complexity index is 358. The second kappa shape index (κ2) is 5.01. The first-order valence-electron chi connectivity index (χ1n) is 5.71. The van der Waals surface area contributed by atoms with Crippen LogP contribution in [0.2, 0.25) is 0 Å². The molecule has 0 saturated carbocycles. The number of allylic oxidation sites excluding steroid dienone is 5. The van der Waals surface area contributed by atoms with Gasteiger partial charge in [0.1, 0.15) is 0 Å². The molecule has 0 bridgehead atoms. The number of carbonyl (C=O) groups is 1. The quantitative estimate of drug-likeness (QED) is 0.569. The van der Waals surface area contributed by atoms with Crippen LogP contribution in [0.5, 0.6) is 0 Å². The van der Waals surface area contributed by atoms with E-state index in [0.717, 1.165) is 37.1 Å². The van der Waals surface area contributed by atoms with Crippen LogP contribution in [0.1, 0.15) is 19.3 Å². The predicted octanol–water partition coefficient (Wildman–Crippen LogP) is 1.93. The molecule has 1 unspecified atom stereocenters. The highest BCUT2D eigenvalue weighted by atomic mass is 16.5. The number of carbonyl (C=O) groups excluding carboxylic acids is 1. The van der Waals surface area contributed by atoms with E-state index in [1.54, 1.807) is 0 Å². The molecule has 16 heavy (non-hydrogen) atoms. The molecule has 1 saturated heterocycles. The number of esters is 1. The Labute approximate surface area is 95.9 Å². The van der Waals surface area contributed by atoms with Crippen LogP contribution in [-0.4, -0.2) is 19.6 Å². The summed E-state index contributed by atoms with van der Waals surface area (Å²) in [5.41, 5.74) is 1.87. The van der Waals surface area contributed by atoms with Crippen LogP contribution < -0.4 is 5.32 Å². The van der Waals surface area contributed by atoms with Gasteiger partial charge in [-0.1, -0.05) is 24.3 Å². The van der Waals surface area contributed by atoms with E-state index >= 15 is 0 Å². The molecule has 2 rings (SSSR count). The largest absolute Gasteiger partial charge is 0.466 e. The minimum absolute atomic E-state index is 0.165. The Morgan fingerprint density at radius 1 is 1.50 bits per heavy atom. The van der Waals surface area contributed by atoms with Gasteiger partial charge in [0, 0.05) is 18.2 Å². The molecule has 1 aliphatic heterocycles. The van der Waals surface area contributed by atoms with Gasteiger partial charge in [0.25, 0.3) is 0 Å². The number of methoxy groups -OCH3 is 1. The lowest BCUT2D eigenvalue weighted by Crippen LogP contribution is -2.20. The van der Waals surface area contributed by atoms with E-state index in [2.05, 4.69) is 17.5 Å². The van der Waals surface area contributed by atoms with Crippen molar-refractivity contribution in [1.82, 2.24) is 5.32 Å². The summed E-state index contributed by atoms with van der Waals surface area (Å²) in [6.07, 6.45) is 11.1. The average Bonchev–Trinajstić information content (AvgIpc) is 2.84. The van der Waals surface area contributed by atoms with E-state index in [9.17, 15) is 4.79 Å². The van der Waals surface area contributed by atoms with Crippen LogP contribution in [-0.2, 0) is 9.53 Å². The summed E-state index contributed by atoms with van der Waals surface area (Å²) in [5, 5.41) is 3.29. The average molecular weight is 219 g/mol. The molecular weight excluding hydrogens is 202 g/mol. The molecule has 1 aliphatic carbocycles. The van der Waals surface area contributed by atoms with Gasteiger partial charge in [-0.05, 0) is 19.3 Å². The van der Waals surface area contributed by atoms with Crippen LogP contribution in [0.3, 0.4) is 0 Å². The van der Waals surface area contributed by atoms with Crippen molar-refractivity contribution in [3.8, 4) is 0 Å². The molecule has 0 aromatic carbocycles. The number of ether oxygens (including phenoxy) is 1. The van der Waals surface area contributed by atoms with E-state index in [1.807, 2.05) is 12.2 Å². The van der Waals surface area contributed by atoms with E-state index in [0.29, 0.717) is 0 Å². The molecule has 2 aliphatic rings. The van der Waals surface area contributed by atoms with Gasteiger partial charge in [-0.15, -0.1) is 0 Å². The molecule has 1 fully saturated rings. The summed E-state index contributed by atoms with van der Waals surface area (Å²) in [5.74, 6) is -0.0348. The molecule has 0 radical (unpaired) electrons. The van der Waals surface area contributed by atoms with Crippen molar-refractivity contribution in [1.29, 1.82) is 0 Å². The van der Waals surface area contributed by atoms with Crippen molar-refractivity contribution in [2.75, 3.05) is 13.7 Å². The molecule has 3 nitrogen and oxygen atoms in total. The van der Waals surface area contributed by atoms with Gasteiger partial charge in [-0.25, -0.2) is 4.79 Å². The molecule has 1 N–H and O–H groups in total. The van der Waals surface area contributed by atoms with Gasteiger partial charge >= 0.3 is 5.97 Å². The zero-order valence-corrected chi connectivity index (χ0v) is 9.53. The molecule has 1 heterocycles. The monoisotopic (exact) mass is 219 g/mol. The fourth-order valence-corrected chi connectivity index (χ4v) is 2.23. The van der Waals surface area contributed by atoms with Gasteiger partial charge in [0.05, 0.1) is 12.7 Å². The summed E-state index contributed by atoms with van der Waals surface area (Å²) < 4.78 is 4.88. The van der Waals surface area contributed by atoms with Crippen molar-refractivity contribution < 1.29 is 9.53 Å². The van der Waals surface area contributed by atoms with E-state index in [1.165, 1.54) is 7.11 Å². The second-order valence-electron chi connectivity index (χ2n) is 4.07. The van der Waals surface area contributed by atoms with Crippen LogP contribution in [0.15, 0.2) is 35.6 Å². The van der Waals surface area contributed by atoms with Crippen LogP contribution in [0, 0.1) is 5.92 Å². The fourth-order valence-electron chi connectivity index (χ4n) is 2.23.